The molecule has 1 heterocycles. The second kappa shape index (κ2) is 9.37. The molecule has 1 fully saturated rings. The summed E-state index contributed by atoms with van der Waals surface area (Å²) in [6.45, 7) is 1.30. The van der Waals surface area contributed by atoms with Crippen LogP contribution < -0.4 is 19.5 Å². The molecule has 1 aliphatic rings. The van der Waals surface area contributed by atoms with Crippen LogP contribution in [-0.2, 0) is 16.0 Å². The standard InChI is InChI=1S/C18H27NO5/c1-21-15-11-13(12-16(22-2)17(15)23-3)7-6-10-24-18(20)14-8-4-5-9-19-14/h11-12,14,19H,4-10H2,1-3H3/t14-/m0/s1. The van der Waals surface area contributed by atoms with Gasteiger partial charge in [0.05, 0.1) is 27.9 Å². The van der Waals surface area contributed by atoms with Gasteiger partial charge in [-0.25, -0.2) is 0 Å². The highest BCUT2D eigenvalue weighted by molar-refractivity contribution is 5.75. The zero-order chi connectivity index (χ0) is 17.4. The Labute approximate surface area is 143 Å². The van der Waals surface area contributed by atoms with Crippen molar-refractivity contribution in [3.05, 3.63) is 17.7 Å². The number of hydrogen-bond acceptors (Lipinski definition) is 6. The number of benzene rings is 1. The monoisotopic (exact) mass is 337 g/mol. The fourth-order valence-electron chi connectivity index (χ4n) is 2.88. The first-order chi connectivity index (χ1) is 11.7. The number of methoxy groups -OCH3 is 3. The first-order valence-electron chi connectivity index (χ1n) is 8.38. The zero-order valence-electron chi connectivity index (χ0n) is 14.7. The number of carbonyl (C=O) groups is 1. The van der Waals surface area contributed by atoms with E-state index in [-0.39, 0.29) is 12.0 Å². The topological polar surface area (TPSA) is 66.0 Å². The van der Waals surface area contributed by atoms with Crippen LogP contribution in [0.2, 0.25) is 0 Å². The van der Waals surface area contributed by atoms with E-state index in [1.54, 1.807) is 21.3 Å². The van der Waals surface area contributed by atoms with Crippen molar-refractivity contribution in [1.29, 1.82) is 0 Å². The number of carbonyl (C=O) groups excluding carboxylic acids is 1. The number of piperidine rings is 1. The highest BCUT2D eigenvalue weighted by Crippen LogP contribution is 2.38. The summed E-state index contributed by atoms with van der Waals surface area (Å²) >= 11 is 0. The van der Waals surface area contributed by atoms with Gasteiger partial charge in [0.2, 0.25) is 5.75 Å². The maximum atomic E-state index is 12.0. The van der Waals surface area contributed by atoms with Crippen LogP contribution in [0.4, 0.5) is 0 Å². The van der Waals surface area contributed by atoms with E-state index >= 15 is 0 Å². The highest BCUT2D eigenvalue weighted by atomic mass is 16.5. The Morgan fingerprint density at radius 2 is 1.83 bits per heavy atom. The van der Waals surface area contributed by atoms with Crippen molar-refractivity contribution in [2.75, 3.05) is 34.5 Å². The molecule has 24 heavy (non-hydrogen) atoms. The quantitative estimate of drug-likeness (QED) is 0.580. The molecule has 134 valence electrons. The SMILES string of the molecule is COc1cc(CCCOC(=O)[C@@H]2CCCCN2)cc(OC)c1OC. The highest BCUT2D eigenvalue weighted by Gasteiger charge is 2.21. The lowest BCUT2D eigenvalue weighted by molar-refractivity contribution is -0.146. The van der Waals surface area contributed by atoms with Crippen LogP contribution in [0, 0.1) is 0 Å². The summed E-state index contributed by atoms with van der Waals surface area (Å²) in [4.78, 5) is 12.0. The van der Waals surface area contributed by atoms with Gasteiger partial charge in [-0.15, -0.1) is 0 Å². The van der Waals surface area contributed by atoms with Gasteiger partial charge in [0.1, 0.15) is 6.04 Å². The molecule has 1 aliphatic heterocycles. The molecule has 0 unspecified atom stereocenters. The first-order valence-corrected chi connectivity index (χ1v) is 8.38. The summed E-state index contributed by atoms with van der Waals surface area (Å²) in [5.74, 6) is 1.71. The maximum absolute atomic E-state index is 12.0. The molecule has 1 atom stereocenters. The van der Waals surface area contributed by atoms with Crippen molar-refractivity contribution in [2.45, 2.75) is 38.1 Å². The second-order valence-electron chi connectivity index (χ2n) is 5.81. The molecule has 6 heteroatoms. The third kappa shape index (κ3) is 4.77. The van der Waals surface area contributed by atoms with E-state index in [9.17, 15) is 4.79 Å². The average Bonchev–Trinajstić information content (AvgIpc) is 2.64. The lowest BCUT2D eigenvalue weighted by Gasteiger charge is -2.21. The molecule has 1 aromatic carbocycles. The average molecular weight is 337 g/mol. The zero-order valence-corrected chi connectivity index (χ0v) is 14.7. The van der Waals surface area contributed by atoms with Gasteiger partial charge in [0, 0.05) is 0 Å². The minimum Gasteiger partial charge on any atom is -0.493 e. The first kappa shape index (κ1) is 18.4. The lowest BCUT2D eigenvalue weighted by Crippen LogP contribution is -2.41. The van der Waals surface area contributed by atoms with Gasteiger partial charge in [0.15, 0.2) is 11.5 Å². The summed E-state index contributed by atoms with van der Waals surface area (Å²) in [5.41, 5.74) is 1.05. The van der Waals surface area contributed by atoms with E-state index in [1.165, 1.54) is 0 Å². The number of esters is 1. The summed E-state index contributed by atoms with van der Waals surface area (Å²) in [6.07, 6.45) is 4.59. The van der Waals surface area contributed by atoms with Gasteiger partial charge in [-0.05, 0) is 49.9 Å². The van der Waals surface area contributed by atoms with Crippen molar-refractivity contribution in [3.63, 3.8) is 0 Å². The van der Waals surface area contributed by atoms with Gasteiger partial charge in [-0.1, -0.05) is 6.42 Å². The van der Waals surface area contributed by atoms with Crippen molar-refractivity contribution in [1.82, 2.24) is 5.32 Å². The minimum atomic E-state index is -0.139. The molecule has 0 aromatic heterocycles. The Hall–Kier alpha value is -1.95. The van der Waals surface area contributed by atoms with Gasteiger partial charge in [0.25, 0.3) is 0 Å². The van der Waals surface area contributed by atoms with Crippen LogP contribution in [0.3, 0.4) is 0 Å². The van der Waals surface area contributed by atoms with Gasteiger partial charge in [-0.2, -0.15) is 0 Å². The molecule has 0 aliphatic carbocycles. The van der Waals surface area contributed by atoms with Crippen LogP contribution in [0.5, 0.6) is 17.2 Å². The fraction of sp³-hybridized carbons (Fsp3) is 0.611. The van der Waals surface area contributed by atoms with Crippen LogP contribution in [0.25, 0.3) is 0 Å². The summed E-state index contributed by atoms with van der Waals surface area (Å²) in [7, 11) is 4.78. The van der Waals surface area contributed by atoms with Crippen LogP contribution in [0.1, 0.15) is 31.2 Å². The molecule has 1 N–H and O–H groups in total. The molecule has 2 rings (SSSR count). The predicted molar refractivity (Wildman–Crippen MR) is 91.0 cm³/mol. The third-order valence-corrected chi connectivity index (χ3v) is 4.17. The third-order valence-electron chi connectivity index (χ3n) is 4.17. The summed E-state index contributed by atoms with van der Waals surface area (Å²) < 4.78 is 21.4. The van der Waals surface area contributed by atoms with Crippen LogP contribution in [-0.4, -0.2) is 46.5 Å². The maximum Gasteiger partial charge on any atom is 0.323 e. The van der Waals surface area contributed by atoms with Crippen LogP contribution in [0.15, 0.2) is 12.1 Å². The van der Waals surface area contributed by atoms with Crippen molar-refractivity contribution in [3.8, 4) is 17.2 Å². The van der Waals surface area contributed by atoms with E-state index in [0.717, 1.165) is 44.2 Å². The normalized spacial score (nSPS) is 17.2. The molecule has 0 spiro atoms. The fourth-order valence-corrected chi connectivity index (χ4v) is 2.88. The second-order valence-corrected chi connectivity index (χ2v) is 5.81. The molecule has 0 saturated carbocycles. The van der Waals surface area contributed by atoms with Crippen molar-refractivity contribution < 1.29 is 23.7 Å². The molecule has 0 amide bonds. The van der Waals surface area contributed by atoms with E-state index in [0.29, 0.717) is 23.9 Å². The Morgan fingerprint density at radius 3 is 2.38 bits per heavy atom. The van der Waals surface area contributed by atoms with Crippen LogP contribution >= 0.6 is 0 Å². The Balaban J connectivity index is 1.84. The Kier molecular flexibility index (Phi) is 7.18. The number of nitrogens with one attached hydrogen (secondary N) is 1. The van der Waals surface area contributed by atoms with E-state index < -0.39 is 0 Å². The Morgan fingerprint density at radius 1 is 1.12 bits per heavy atom. The Bertz CT molecular complexity index is 515. The van der Waals surface area contributed by atoms with E-state index in [1.807, 2.05) is 12.1 Å². The molecule has 6 nitrogen and oxygen atoms in total. The number of hydrogen-bond donors (Lipinski definition) is 1. The van der Waals surface area contributed by atoms with Gasteiger partial charge >= 0.3 is 5.97 Å². The van der Waals surface area contributed by atoms with Crippen molar-refractivity contribution in [2.24, 2.45) is 0 Å². The minimum absolute atomic E-state index is 0.139. The molecule has 1 aromatic rings. The van der Waals surface area contributed by atoms with Crippen molar-refractivity contribution >= 4 is 5.97 Å². The number of aryl methyl sites for hydroxylation is 1. The van der Waals surface area contributed by atoms with Gasteiger partial charge in [-0.3, -0.25) is 4.79 Å². The summed E-state index contributed by atoms with van der Waals surface area (Å²) in [6, 6.07) is 3.71. The molecular weight excluding hydrogens is 310 g/mol. The largest absolute Gasteiger partial charge is 0.493 e. The van der Waals surface area contributed by atoms with E-state index in [2.05, 4.69) is 5.32 Å². The van der Waals surface area contributed by atoms with E-state index in [4.69, 9.17) is 18.9 Å². The smallest absolute Gasteiger partial charge is 0.323 e. The predicted octanol–water partition coefficient (Wildman–Crippen LogP) is 2.33. The molecule has 0 radical (unpaired) electrons. The summed E-state index contributed by atoms with van der Waals surface area (Å²) in [5, 5.41) is 3.20. The van der Waals surface area contributed by atoms with Gasteiger partial charge < -0.3 is 24.3 Å². The molecule has 1 saturated heterocycles. The molecular formula is C18H27NO5. The lowest BCUT2D eigenvalue weighted by atomic mass is 10.1. The number of ether oxygens (including phenoxy) is 4. The number of rotatable bonds is 8. The molecule has 0 bridgehead atoms.